The van der Waals surface area contributed by atoms with Gasteiger partial charge in [0.15, 0.2) is 20.5 Å². The van der Waals surface area contributed by atoms with Crippen LogP contribution in [-0.4, -0.2) is 62.9 Å². The highest BCUT2D eigenvalue weighted by molar-refractivity contribution is 6.74. The van der Waals surface area contributed by atoms with Crippen molar-refractivity contribution < 1.29 is 37.7 Å². The molecule has 1 aliphatic carbocycles. The molecule has 0 N–H and O–H groups in total. The summed E-state index contributed by atoms with van der Waals surface area (Å²) in [7, 11) is -2.29. The van der Waals surface area contributed by atoms with Gasteiger partial charge < -0.3 is 28.1 Å². The summed E-state index contributed by atoms with van der Waals surface area (Å²) in [5.74, 6) is -2.50. The lowest BCUT2D eigenvalue weighted by Gasteiger charge is -2.62. The predicted molar refractivity (Wildman–Crippen MR) is 114 cm³/mol. The fraction of sp³-hybridized carbons (Fsp3) is 0.727. The monoisotopic (exact) mass is 454 g/mol. The number of esters is 2. The third-order valence-corrected chi connectivity index (χ3v) is 10.9. The third kappa shape index (κ3) is 4.38. The maximum Gasteiger partial charge on any atom is 0.333 e. The zero-order chi connectivity index (χ0) is 23.5. The number of hydrogen-bond donors (Lipinski definition) is 0. The van der Waals surface area contributed by atoms with Crippen LogP contribution in [0, 0.1) is 0 Å². The van der Waals surface area contributed by atoms with Gasteiger partial charge in [0.05, 0.1) is 0 Å². The van der Waals surface area contributed by atoms with Gasteiger partial charge in [-0.15, -0.1) is 0 Å². The van der Waals surface area contributed by atoms with Crippen molar-refractivity contribution >= 4 is 20.3 Å². The number of ether oxygens (including phenoxy) is 5. The molecule has 4 fully saturated rings. The van der Waals surface area contributed by atoms with E-state index in [0.717, 1.165) is 0 Å². The van der Waals surface area contributed by atoms with Crippen LogP contribution in [0.2, 0.25) is 18.1 Å². The molecule has 3 aliphatic heterocycles. The van der Waals surface area contributed by atoms with Crippen molar-refractivity contribution in [2.75, 3.05) is 0 Å². The molecule has 8 nitrogen and oxygen atoms in total. The highest BCUT2D eigenvalue weighted by Gasteiger charge is 2.69. The quantitative estimate of drug-likeness (QED) is 0.343. The second kappa shape index (κ2) is 7.81. The van der Waals surface area contributed by atoms with Crippen LogP contribution in [0.3, 0.4) is 0 Å². The van der Waals surface area contributed by atoms with E-state index in [0.29, 0.717) is 0 Å². The zero-order valence-corrected chi connectivity index (χ0v) is 20.6. The van der Waals surface area contributed by atoms with Gasteiger partial charge in [-0.1, -0.05) is 33.9 Å². The molecule has 0 aromatic heterocycles. The number of carbonyl (C=O) groups is 2. The van der Waals surface area contributed by atoms with E-state index in [1.807, 2.05) is 0 Å². The number of rotatable bonds is 6. The molecule has 0 aromatic rings. The van der Waals surface area contributed by atoms with Crippen LogP contribution >= 0.6 is 0 Å². The molecule has 1 saturated carbocycles. The molecule has 9 heteroatoms. The van der Waals surface area contributed by atoms with Gasteiger partial charge in [-0.25, -0.2) is 9.59 Å². The highest BCUT2D eigenvalue weighted by Crippen LogP contribution is 2.50. The van der Waals surface area contributed by atoms with E-state index in [9.17, 15) is 9.59 Å². The molecule has 0 spiro atoms. The number of hydrogen-bond acceptors (Lipinski definition) is 8. The van der Waals surface area contributed by atoms with Gasteiger partial charge in [0.1, 0.15) is 24.4 Å². The van der Waals surface area contributed by atoms with E-state index in [1.54, 1.807) is 20.8 Å². The standard InChI is InChI=1S/C22H34O8Si/c1-11(2)19(23)25-13-15-14(26-20(24)12(3)4)17-18(30-31(9,10)21(5,6)7)16(13)28-22(8,27-15)29-17/h13-18H,1,3H2,2,4-10H3/t13-,14+,15?,16+,17-,18?,22?. The molecular weight excluding hydrogens is 420 g/mol. The van der Waals surface area contributed by atoms with Crippen LogP contribution in [0.5, 0.6) is 0 Å². The van der Waals surface area contributed by atoms with Gasteiger partial charge in [-0.2, -0.15) is 0 Å². The van der Waals surface area contributed by atoms with Crippen LogP contribution in [0.4, 0.5) is 0 Å². The van der Waals surface area contributed by atoms with Gasteiger partial charge in [0, 0.05) is 18.1 Å². The Morgan fingerprint density at radius 3 is 1.52 bits per heavy atom. The van der Waals surface area contributed by atoms with E-state index in [2.05, 4.69) is 47.0 Å². The van der Waals surface area contributed by atoms with Gasteiger partial charge in [-0.3, -0.25) is 0 Å². The van der Waals surface area contributed by atoms with Gasteiger partial charge in [0.25, 0.3) is 5.97 Å². The highest BCUT2D eigenvalue weighted by atomic mass is 28.4. The molecule has 0 amide bonds. The Morgan fingerprint density at radius 1 is 0.839 bits per heavy atom. The Hall–Kier alpha value is -1.52. The minimum atomic E-state index is -2.29. The molecule has 4 rings (SSSR count). The molecule has 4 aliphatic rings. The zero-order valence-electron chi connectivity index (χ0n) is 19.6. The number of carbonyl (C=O) groups excluding carboxylic acids is 2. The molecule has 3 unspecified atom stereocenters. The average molecular weight is 455 g/mol. The van der Waals surface area contributed by atoms with Gasteiger partial charge in [-0.05, 0) is 32.0 Å². The van der Waals surface area contributed by atoms with Gasteiger partial charge >= 0.3 is 11.9 Å². The Balaban J connectivity index is 2.00. The average Bonchev–Trinajstić information content (AvgIpc) is 2.61. The molecule has 31 heavy (non-hydrogen) atoms. The maximum absolute atomic E-state index is 12.4. The smallest absolute Gasteiger partial charge is 0.333 e. The molecule has 3 heterocycles. The van der Waals surface area contributed by atoms with Crippen molar-refractivity contribution in [3.8, 4) is 0 Å². The van der Waals surface area contributed by atoms with E-state index in [-0.39, 0.29) is 16.2 Å². The minimum absolute atomic E-state index is 0.0875. The Labute approximate surface area is 185 Å². The van der Waals surface area contributed by atoms with Crippen molar-refractivity contribution in [2.45, 2.75) is 102 Å². The summed E-state index contributed by atoms with van der Waals surface area (Å²) in [6.07, 6.45) is -4.36. The van der Waals surface area contributed by atoms with Crippen molar-refractivity contribution in [1.29, 1.82) is 0 Å². The molecular formula is C22H34O8Si. The fourth-order valence-electron chi connectivity index (χ4n) is 3.72. The normalized spacial score (nSPS) is 36.8. The second-order valence-corrected chi connectivity index (χ2v) is 15.0. The molecule has 3 saturated heterocycles. The van der Waals surface area contributed by atoms with Gasteiger partial charge in [0.2, 0.25) is 0 Å². The fourth-order valence-corrected chi connectivity index (χ4v) is 5.02. The summed E-state index contributed by atoms with van der Waals surface area (Å²) >= 11 is 0. The topological polar surface area (TPSA) is 89.5 Å². The molecule has 0 radical (unpaired) electrons. The van der Waals surface area contributed by atoms with Crippen LogP contribution < -0.4 is 0 Å². The summed E-state index contributed by atoms with van der Waals surface area (Å²) < 4.78 is 36.2. The van der Waals surface area contributed by atoms with Crippen LogP contribution in [0.25, 0.3) is 0 Å². The van der Waals surface area contributed by atoms with Crippen LogP contribution in [0.15, 0.2) is 24.3 Å². The predicted octanol–water partition coefficient (Wildman–Crippen LogP) is 3.22. The third-order valence-electron chi connectivity index (χ3n) is 6.41. The minimum Gasteiger partial charge on any atom is -0.453 e. The van der Waals surface area contributed by atoms with Crippen LogP contribution in [0.1, 0.15) is 41.5 Å². The first-order valence-electron chi connectivity index (χ1n) is 10.5. The largest absolute Gasteiger partial charge is 0.453 e. The molecule has 4 bridgehead atoms. The van der Waals surface area contributed by atoms with E-state index >= 15 is 0 Å². The van der Waals surface area contributed by atoms with Crippen molar-refractivity contribution in [3.63, 3.8) is 0 Å². The summed E-state index contributed by atoms with van der Waals surface area (Å²) in [5.41, 5.74) is 0.488. The van der Waals surface area contributed by atoms with Crippen molar-refractivity contribution in [2.24, 2.45) is 0 Å². The summed E-state index contributed by atoms with van der Waals surface area (Å²) in [6, 6.07) is 0. The second-order valence-electron chi connectivity index (χ2n) is 10.3. The lowest BCUT2D eigenvalue weighted by molar-refractivity contribution is -0.529. The first-order chi connectivity index (χ1) is 14.1. The lowest BCUT2D eigenvalue weighted by Crippen LogP contribution is -2.80. The Bertz CT molecular complexity index is 752. The van der Waals surface area contributed by atoms with E-state index in [1.165, 1.54) is 0 Å². The first-order valence-corrected chi connectivity index (χ1v) is 13.4. The summed E-state index contributed by atoms with van der Waals surface area (Å²) in [4.78, 5) is 24.8. The molecule has 7 atom stereocenters. The van der Waals surface area contributed by atoms with Crippen LogP contribution in [-0.2, 0) is 37.7 Å². The summed E-state index contributed by atoms with van der Waals surface area (Å²) in [5, 5.41) is -0.0875. The van der Waals surface area contributed by atoms with E-state index in [4.69, 9.17) is 28.1 Å². The maximum atomic E-state index is 12.4. The molecule has 0 aromatic carbocycles. The van der Waals surface area contributed by atoms with E-state index < -0.39 is 62.9 Å². The van der Waals surface area contributed by atoms with Crippen molar-refractivity contribution in [1.82, 2.24) is 0 Å². The molecule has 174 valence electrons. The SMILES string of the molecule is C=C(C)C(=O)O[C@@H]1C2OC3(C)O[C@@H]1C(O[Si](C)(C)C(C)(C)C)[C@H](O3)[C@H]2OC(=O)C(=C)C. The lowest BCUT2D eigenvalue weighted by atomic mass is 9.81. The Kier molecular flexibility index (Phi) is 6.08. The Morgan fingerprint density at radius 2 is 1.19 bits per heavy atom. The first kappa shape index (κ1) is 24.1. The summed E-state index contributed by atoms with van der Waals surface area (Å²) in [6.45, 7) is 22.7. The van der Waals surface area contributed by atoms with Crippen molar-refractivity contribution in [3.05, 3.63) is 24.3 Å².